The van der Waals surface area contributed by atoms with E-state index in [0.29, 0.717) is 26.3 Å². The van der Waals surface area contributed by atoms with E-state index in [0.717, 1.165) is 48.0 Å². The number of fused-ring (bicyclic) bond motifs is 1. The molecule has 0 unspecified atom stereocenters. The SMILES string of the molecule is COc1ccccc1N1CCN(C(=O)C=Cc2ccc3c(c2)OCCCO3)CC1. The van der Waals surface area contributed by atoms with Crippen LogP contribution in [0.25, 0.3) is 6.08 Å². The molecule has 29 heavy (non-hydrogen) atoms. The predicted molar refractivity (Wildman–Crippen MR) is 113 cm³/mol. The van der Waals surface area contributed by atoms with Crippen molar-refractivity contribution in [2.24, 2.45) is 0 Å². The molecule has 2 aliphatic heterocycles. The molecule has 6 heteroatoms. The molecule has 4 rings (SSSR count). The molecule has 1 amide bonds. The fraction of sp³-hybridized carbons (Fsp3) is 0.348. The Labute approximate surface area is 171 Å². The number of methoxy groups -OCH3 is 1. The second-order valence-corrected chi connectivity index (χ2v) is 7.07. The molecule has 1 saturated heterocycles. The van der Waals surface area contributed by atoms with E-state index in [-0.39, 0.29) is 5.91 Å². The van der Waals surface area contributed by atoms with E-state index in [1.165, 1.54) is 0 Å². The van der Waals surface area contributed by atoms with Crippen molar-refractivity contribution in [2.75, 3.05) is 51.4 Å². The fourth-order valence-corrected chi connectivity index (χ4v) is 3.62. The van der Waals surface area contributed by atoms with Gasteiger partial charge in [0.25, 0.3) is 0 Å². The molecule has 0 atom stereocenters. The summed E-state index contributed by atoms with van der Waals surface area (Å²) >= 11 is 0. The summed E-state index contributed by atoms with van der Waals surface area (Å²) in [5.74, 6) is 2.39. The van der Waals surface area contributed by atoms with Gasteiger partial charge in [0.15, 0.2) is 11.5 Å². The zero-order chi connectivity index (χ0) is 20.1. The Kier molecular flexibility index (Phi) is 5.89. The fourth-order valence-electron chi connectivity index (χ4n) is 3.62. The van der Waals surface area contributed by atoms with Crippen LogP contribution >= 0.6 is 0 Å². The molecule has 0 saturated carbocycles. The second kappa shape index (κ2) is 8.90. The molecule has 0 radical (unpaired) electrons. The number of benzene rings is 2. The number of ether oxygens (including phenoxy) is 3. The van der Waals surface area contributed by atoms with Crippen LogP contribution in [-0.4, -0.2) is 57.3 Å². The Hall–Kier alpha value is -3.15. The van der Waals surface area contributed by atoms with Crippen molar-refractivity contribution in [3.8, 4) is 17.2 Å². The lowest BCUT2D eigenvalue weighted by molar-refractivity contribution is -0.126. The number of para-hydroxylation sites is 2. The maximum absolute atomic E-state index is 12.6. The van der Waals surface area contributed by atoms with Gasteiger partial charge in [0.1, 0.15) is 5.75 Å². The summed E-state index contributed by atoms with van der Waals surface area (Å²) in [6.45, 7) is 4.25. The molecule has 0 bridgehead atoms. The van der Waals surface area contributed by atoms with Crippen LogP contribution < -0.4 is 19.1 Å². The highest BCUT2D eigenvalue weighted by Gasteiger charge is 2.21. The zero-order valence-electron chi connectivity index (χ0n) is 16.7. The summed E-state index contributed by atoms with van der Waals surface area (Å²) in [5, 5.41) is 0. The number of piperazine rings is 1. The summed E-state index contributed by atoms with van der Waals surface area (Å²) in [4.78, 5) is 16.8. The van der Waals surface area contributed by atoms with Crippen molar-refractivity contribution in [1.29, 1.82) is 0 Å². The van der Waals surface area contributed by atoms with E-state index in [2.05, 4.69) is 11.0 Å². The van der Waals surface area contributed by atoms with E-state index in [1.54, 1.807) is 13.2 Å². The number of carbonyl (C=O) groups is 1. The van der Waals surface area contributed by atoms with Gasteiger partial charge in [0.2, 0.25) is 5.91 Å². The number of amides is 1. The maximum Gasteiger partial charge on any atom is 0.246 e. The molecule has 0 N–H and O–H groups in total. The molecule has 2 aliphatic rings. The number of carbonyl (C=O) groups excluding carboxylic acids is 1. The third-order valence-electron chi connectivity index (χ3n) is 5.21. The first-order chi connectivity index (χ1) is 14.2. The van der Waals surface area contributed by atoms with Crippen LogP contribution in [0.3, 0.4) is 0 Å². The number of anilines is 1. The number of hydrogen-bond acceptors (Lipinski definition) is 5. The standard InChI is InChI=1S/C23H26N2O4/c1-27-20-6-3-2-5-19(20)24-11-13-25(14-12-24)23(26)10-8-18-7-9-21-22(17-18)29-16-4-15-28-21/h2-3,5-10,17H,4,11-16H2,1H3. The van der Waals surface area contributed by atoms with Crippen molar-refractivity contribution in [3.63, 3.8) is 0 Å². The maximum atomic E-state index is 12.6. The van der Waals surface area contributed by atoms with Crippen LogP contribution in [-0.2, 0) is 4.79 Å². The summed E-state index contributed by atoms with van der Waals surface area (Å²) in [5.41, 5.74) is 2.00. The van der Waals surface area contributed by atoms with Crippen molar-refractivity contribution in [3.05, 3.63) is 54.1 Å². The van der Waals surface area contributed by atoms with Gasteiger partial charge in [0.05, 0.1) is 26.0 Å². The Bertz CT molecular complexity index is 888. The highest BCUT2D eigenvalue weighted by Crippen LogP contribution is 2.31. The molecule has 6 nitrogen and oxygen atoms in total. The van der Waals surface area contributed by atoms with E-state index < -0.39 is 0 Å². The van der Waals surface area contributed by atoms with Gasteiger partial charge >= 0.3 is 0 Å². The molecule has 2 aromatic carbocycles. The molecule has 0 spiro atoms. The summed E-state index contributed by atoms with van der Waals surface area (Å²) < 4.78 is 16.8. The summed E-state index contributed by atoms with van der Waals surface area (Å²) in [7, 11) is 1.68. The predicted octanol–water partition coefficient (Wildman–Crippen LogP) is 3.22. The van der Waals surface area contributed by atoms with Crippen LogP contribution in [0.1, 0.15) is 12.0 Å². The molecular weight excluding hydrogens is 368 g/mol. The Morgan fingerprint density at radius 2 is 1.76 bits per heavy atom. The number of rotatable bonds is 4. The van der Waals surface area contributed by atoms with Crippen molar-refractivity contribution in [1.82, 2.24) is 4.90 Å². The van der Waals surface area contributed by atoms with Crippen LogP contribution in [0.4, 0.5) is 5.69 Å². The molecule has 2 aromatic rings. The number of hydrogen-bond donors (Lipinski definition) is 0. The first-order valence-electron chi connectivity index (χ1n) is 9.99. The van der Waals surface area contributed by atoms with E-state index >= 15 is 0 Å². The van der Waals surface area contributed by atoms with Gasteiger partial charge in [-0.05, 0) is 35.9 Å². The van der Waals surface area contributed by atoms with E-state index in [1.807, 2.05) is 47.4 Å². The molecule has 1 fully saturated rings. The Balaban J connectivity index is 1.36. The normalized spacial score (nSPS) is 16.6. The highest BCUT2D eigenvalue weighted by atomic mass is 16.5. The zero-order valence-corrected chi connectivity index (χ0v) is 16.7. The largest absolute Gasteiger partial charge is 0.495 e. The van der Waals surface area contributed by atoms with Crippen molar-refractivity contribution < 1.29 is 19.0 Å². The Morgan fingerprint density at radius 1 is 1.00 bits per heavy atom. The minimum atomic E-state index is 0.0248. The van der Waals surface area contributed by atoms with Crippen LogP contribution in [0.2, 0.25) is 0 Å². The molecule has 2 heterocycles. The van der Waals surface area contributed by atoms with Gasteiger partial charge < -0.3 is 24.0 Å². The van der Waals surface area contributed by atoms with Crippen molar-refractivity contribution >= 4 is 17.7 Å². The lowest BCUT2D eigenvalue weighted by Gasteiger charge is -2.36. The topological polar surface area (TPSA) is 51.2 Å². The van der Waals surface area contributed by atoms with Crippen LogP contribution in [0, 0.1) is 0 Å². The lowest BCUT2D eigenvalue weighted by Crippen LogP contribution is -2.48. The minimum Gasteiger partial charge on any atom is -0.495 e. The molecule has 0 aliphatic carbocycles. The average molecular weight is 394 g/mol. The third kappa shape index (κ3) is 4.47. The van der Waals surface area contributed by atoms with Crippen LogP contribution in [0.15, 0.2) is 48.5 Å². The van der Waals surface area contributed by atoms with Gasteiger partial charge in [-0.15, -0.1) is 0 Å². The van der Waals surface area contributed by atoms with E-state index in [4.69, 9.17) is 14.2 Å². The summed E-state index contributed by atoms with van der Waals surface area (Å²) in [6.07, 6.45) is 4.35. The second-order valence-electron chi connectivity index (χ2n) is 7.07. The van der Waals surface area contributed by atoms with Gasteiger partial charge in [-0.3, -0.25) is 4.79 Å². The quantitative estimate of drug-likeness (QED) is 0.746. The average Bonchev–Trinajstić information content (AvgIpc) is 3.02. The van der Waals surface area contributed by atoms with Gasteiger partial charge in [0, 0.05) is 38.7 Å². The third-order valence-corrected chi connectivity index (χ3v) is 5.21. The highest BCUT2D eigenvalue weighted by molar-refractivity contribution is 5.92. The Morgan fingerprint density at radius 3 is 2.55 bits per heavy atom. The molecular formula is C23H26N2O4. The molecule has 152 valence electrons. The van der Waals surface area contributed by atoms with Gasteiger partial charge in [-0.25, -0.2) is 0 Å². The first-order valence-corrected chi connectivity index (χ1v) is 9.99. The smallest absolute Gasteiger partial charge is 0.246 e. The van der Waals surface area contributed by atoms with Gasteiger partial charge in [-0.1, -0.05) is 18.2 Å². The monoisotopic (exact) mass is 394 g/mol. The minimum absolute atomic E-state index is 0.0248. The van der Waals surface area contributed by atoms with Crippen LogP contribution in [0.5, 0.6) is 17.2 Å². The van der Waals surface area contributed by atoms with Gasteiger partial charge in [-0.2, -0.15) is 0 Å². The summed E-state index contributed by atoms with van der Waals surface area (Å²) in [6, 6.07) is 13.8. The first kappa shape index (κ1) is 19.2. The van der Waals surface area contributed by atoms with E-state index in [9.17, 15) is 4.79 Å². The lowest BCUT2D eigenvalue weighted by atomic mass is 10.1. The number of nitrogens with zero attached hydrogens (tertiary/aromatic N) is 2. The molecule has 0 aromatic heterocycles. The van der Waals surface area contributed by atoms with Crippen molar-refractivity contribution in [2.45, 2.75) is 6.42 Å².